The van der Waals surface area contributed by atoms with Crippen molar-refractivity contribution < 1.29 is 32.5 Å². The molecule has 2 aromatic carbocycles. The zero-order valence-corrected chi connectivity index (χ0v) is 16.7. The van der Waals surface area contributed by atoms with Gasteiger partial charge in [0, 0.05) is 4.47 Å². The molecule has 1 amide bonds. The van der Waals surface area contributed by atoms with E-state index in [9.17, 15) is 23.1 Å². The molecule has 3 rings (SSSR count). The van der Waals surface area contributed by atoms with Crippen LogP contribution in [0.4, 0.5) is 13.2 Å². The Bertz CT molecular complexity index is 917. The van der Waals surface area contributed by atoms with E-state index in [4.69, 9.17) is 9.47 Å². The molecule has 0 aromatic heterocycles. The van der Waals surface area contributed by atoms with Crippen LogP contribution in [0.3, 0.4) is 0 Å². The Morgan fingerprint density at radius 2 is 1.76 bits per heavy atom. The third-order valence-corrected chi connectivity index (χ3v) is 4.80. The molecule has 29 heavy (non-hydrogen) atoms. The average Bonchev–Trinajstić information content (AvgIpc) is 3.06. The summed E-state index contributed by atoms with van der Waals surface area (Å²) in [6, 6.07) is 12.5. The lowest BCUT2D eigenvalue weighted by Crippen LogP contribution is -2.57. The number of ether oxygens (including phenoxy) is 2. The first-order valence-electron chi connectivity index (χ1n) is 8.36. The Hall–Kier alpha value is -2.59. The molecule has 1 aliphatic rings. The van der Waals surface area contributed by atoms with Gasteiger partial charge in [-0.05, 0) is 42.0 Å². The number of hydrogen-bond donors (Lipinski definition) is 1. The maximum absolute atomic E-state index is 13.6. The highest BCUT2D eigenvalue weighted by Crippen LogP contribution is 2.41. The van der Waals surface area contributed by atoms with Crippen molar-refractivity contribution in [1.82, 2.24) is 5.01 Å². The van der Waals surface area contributed by atoms with Crippen LogP contribution in [-0.4, -0.2) is 47.4 Å². The summed E-state index contributed by atoms with van der Waals surface area (Å²) >= 11 is 3.24. The number of alkyl halides is 3. The van der Waals surface area contributed by atoms with Crippen LogP contribution in [0.2, 0.25) is 0 Å². The molecule has 0 radical (unpaired) electrons. The van der Waals surface area contributed by atoms with E-state index in [1.165, 1.54) is 19.2 Å². The van der Waals surface area contributed by atoms with Gasteiger partial charge < -0.3 is 14.6 Å². The van der Waals surface area contributed by atoms with Gasteiger partial charge in [0.25, 0.3) is 11.6 Å². The van der Waals surface area contributed by atoms with E-state index in [1.54, 1.807) is 36.4 Å². The van der Waals surface area contributed by atoms with Crippen LogP contribution in [0.25, 0.3) is 0 Å². The van der Waals surface area contributed by atoms with Crippen LogP contribution in [0.5, 0.6) is 11.5 Å². The van der Waals surface area contributed by atoms with Crippen molar-refractivity contribution in [3.8, 4) is 11.5 Å². The summed E-state index contributed by atoms with van der Waals surface area (Å²) in [4.78, 5) is 12.4. The molecule has 1 aliphatic heterocycles. The number of nitrogens with zero attached hydrogens (tertiary/aromatic N) is 2. The minimum Gasteiger partial charge on any atom is -0.497 e. The van der Waals surface area contributed by atoms with Crippen LogP contribution in [0.15, 0.2) is 58.1 Å². The lowest BCUT2D eigenvalue weighted by molar-refractivity contribution is -0.302. The molecular weight excluding hydrogens is 457 g/mol. The molecule has 1 N–H and O–H groups in total. The highest BCUT2D eigenvalue weighted by atomic mass is 79.9. The van der Waals surface area contributed by atoms with Crippen LogP contribution >= 0.6 is 15.9 Å². The van der Waals surface area contributed by atoms with Gasteiger partial charge in [0.2, 0.25) is 0 Å². The molecule has 0 fully saturated rings. The van der Waals surface area contributed by atoms with Gasteiger partial charge in [-0.25, -0.2) is 0 Å². The van der Waals surface area contributed by atoms with Crippen molar-refractivity contribution in [2.75, 3.05) is 13.7 Å². The standard InChI is InChI=1S/C19H16BrF3N2O4/c1-28-14-6-8-15(9-7-14)29-11-17(26)25-18(27,19(21,22)23)10-16(24-25)12-2-4-13(20)5-3-12/h2-9,27H,10-11H2,1H3. The number of benzene rings is 2. The number of rotatable bonds is 5. The summed E-state index contributed by atoms with van der Waals surface area (Å²) in [6.07, 6.45) is -5.99. The summed E-state index contributed by atoms with van der Waals surface area (Å²) in [5, 5.41) is 14.1. The number of carbonyl (C=O) groups excluding carboxylic acids is 1. The molecule has 2 aromatic rings. The van der Waals surface area contributed by atoms with Gasteiger partial charge >= 0.3 is 6.18 Å². The number of carbonyl (C=O) groups is 1. The fourth-order valence-corrected chi connectivity index (χ4v) is 2.97. The zero-order chi connectivity index (χ0) is 21.2. The molecule has 1 unspecified atom stereocenters. The zero-order valence-electron chi connectivity index (χ0n) is 15.1. The minimum atomic E-state index is -5.11. The second-order valence-electron chi connectivity index (χ2n) is 6.21. The maximum Gasteiger partial charge on any atom is 0.438 e. The molecule has 6 nitrogen and oxygen atoms in total. The third kappa shape index (κ3) is 4.38. The highest BCUT2D eigenvalue weighted by Gasteiger charge is 2.63. The van der Waals surface area contributed by atoms with Crippen molar-refractivity contribution >= 4 is 27.5 Å². The predicted molar refractivity (Wildman–Crippen MR) is 102 cm³/mol. The smallest absolute Gasteiger partial charge is 0.438 e. The normalized spacial score (nSPS) is 19.1. The molecule has 0 spiro atoms. The van der Waals surface area contributed by atoms with Gasteiger partial charge in [-0.15, -0.1) is 0 Å². The largest absolute Gasteiger partial charge is 0.497 e. The molecule has 10 heteroatoms. The quantitative estimate of drug-likeness (QED) is 0.719. The summed E-state index contributed by atoms with van der Waals surface area (Å²) < 4.78 is 51.7. The van der Waals surface area contributed by atoms with E-state index in [0.29, 0.717) is 11.3 Å². The number of hydrazone groups is 1. The first kappa shape index (κ1) is 21.1. The van der Waals surface area contributed by atoms with E-state index in [0.717, 1.165) is 4.47 Å². The van der Waals surface area contributed by atoms with Gasteiger partial charge in [-0.2, -0.15) is 23.3 Å². The molecule has 0 saturated carbocycles. The first-order valence-corrected chi connectivity index (χ1v) is 9.16. The number of amides is 1. The van der Waals surface area contributed by atoms with E-state index in [-0.39, 0.29) is 16.5 Å². The molecule has 154 valence electrons. The van der Waals surface area contributed by atoms with Crippen LogP contribution < -0.4 is 9.47 Å². The van der Waals surface area contributed by atoms with E-state index >= 15 is 0 Å². The van der Waals surface area contributed by atoms with Crippen molar-refractivity contribution in [2.45, 2.75) is 18.3 Å². The summed E-state index contributed by atoms with van der Waals surface area (Å²) in [7, 11) is 1.48. The monoisotopic (exact) mass is 472 g/mol. The second-order valence-corrected chi connectivity index (χ2v) is 7.13. The topological polar surface area (TPSA) is 71.4 Å². The molecular formula is C19H16BrF3N2O4. The first-order chi connectivity index (χ1) is 13.6. The number of aliphatic hydroxyl groups is 1. The maximum atomic E-state index is 13.6. The van der Waals surface area contributed by atoms with Gasteiger partial charge in [0.15, 0.2) is 6.61 Å². The van der Waals surface area contributed by atoms with Gasteiger partial charge in [0.1, 0.15) is 11.5 Å². The summed E-state index contributed by atoms with van der Waals surface area (Å²) in [5.41, 5.74) is -3.15. The summed E-state index contributed by atoms with van der Waals surface area (Å²) in [6.45, 7) is -0.734. The molecule has 1 atom stereocenters. The molecule has 0 bridgehead atoms. The van der Waals surface area contributed by atoms with Crippen LogP contribution in [0, 0.1) is 0 Å². The number of halogens is 4. The lowest BCUT2D eigenvalue weighted by atomic mass is 10.0. The highest BCUT2D eigenvalue weighted by molar-refractivity contribution is 9.10. The molecule has 0 saturated heterocycles. The van der Waals surface area contributed by atoms with E-state index in [2.05, 4.69) is 21.0 Å². The third-order valence-electron chi connectivity index (χ3n) is 4.27. The Balaban J connectivity index is 1.81. The minimum absolute atomic E-state index is 0.0495. The lowest BCUT2D eigenvalue weighted by Gasteiger charge is -2.32. The molecule has 0 aliphatic carbocycles. The number of methoxy groups -OCH3 is 1. The SMILES string of the molecule is COc1ccc(OCC(=O)N2N=C(c3ccc(Br)cc3)CC2(O)C(F)(F)F)cc1. The van der Waals surface area contributed by atoms with Gasteiger partial charge in [-0.1, -0.05) is 28.1 Å². The second kappa shape index (κ2) is 8.03. The van der Waals surface area contributed by atoms with Crippen molar-refractivity contribution in [3.05, 3.63) is 58.6 Å². The van der Waals surface area contributed by atoms with E-state index < -0.39 is 30.8 Å². The Labute approximate surface area is 172 Å². The van der Waals surface area contributed by atoms with Crippen molar-refractivity contribution in [3.63, 3.8) is 0 Å². The van der Waals surface area contributed by atoms with Crippen molar-refractivity contribution in [2.24, 2.45) is 5.10 Å². The molecule has 1 heterocycles. The van der Waals surface area contributed by atoms with E-state index in [1.807, 2.05) is 0 Å². The Kier molecular flexibility index (Phi) is 5.85. The van der Waals surface area contributed by atoms with Crippen LogP contribution in [0.1, 0.15) is 12.0 Å². The van der Waals surface area contributed by atoms with Crippen LogP contribution in [-0.2, 0) is 4.79 Å². The fourth-order valence-electron chi connectivity index (χ4n) is 2.71. The number of hydrogen-bond acceptors (Lipinski definition) is 5. The fraction of sp³-hybridized carbons (Fsp3) is 0.263. The predicted octanol–water partition coefficient (Wildman–Crippen LogP) is 3.72. The summed E-state index contributed by atoms with van der Waals surface area (Å²) in [5.74, 6) is -0.322. The van der Waals surface area contributed by atoms with Crippen molar-refractivity contribution in [1.29, 1.82) is 0 Å². The van der Waals surface area contributed by atoms with Gasteiger partial charge in [0.05, 0.1) is 19.2 Å². The average molecular weight is 473 g/mol. The Morgan fingerprint density at radius 1 is 1.17 bits per heavy atom. The van der Waals surface area contributed by atoms with Gasteiger partial charge in [-0.3, -0.25) is 4.79 Å². The Morgan fingerprint density at radius 3 is 2.31 bits per heavy atom.